The lowest BCUT2D eigenvalue weighted by Crippen LogP contribution is -2.33. The van der Waals surface area contributed by atoms with Gasteiger partial charge in [0.2, 0.25) is 6.23 Å². The molecule has 3 aromatic carbocycles. The van der Waals surface area contributed by atoms with Crippen molar-refractivity contribution in [1.29, 1.82) is 0 Å². The van der Waals surface area contributed by atoms with Gasteiger partial charge in [0, 0.05) is 23.1 Å². The number of methoxy groups -OCH3 is 2. The summed E-state index contributed by atoms with van der Waals surface area (Å²) >= 11 is 0. The summed E-state index contributed by atoms with van der Waals surface area (Å²) in [4.78, 5) is 0. The number of hydrogen-bond acceptors (Lipinski definition) is 6. The van der Waals surface area contributed by atoms with Crippen LogP contribution in [0.25, 0.3) is 0 Å². The molecule has 0 fully saturated rings. The van der Waals surface area contributed by atoms with Crippen molar-refractivity contribution in [2.24, 2.45) is 5.10 Å². The van der Waals surface area contributed by atoms with Crippen molar-refractivity contribution in [3.05, 3.63) is 83.4 Å². The highest BCUT2D eigenvalue weighted by molar-refractivity contribution is 6.04. The van der Waals surface area contributed by atoms with E-state index < -0.39 is 6.23 Å². The molecule has 6 heteroatoms. The Bertz CT molecular complexity index is 1110. The lowest BCUT2D eigenvalue weighted by atomic mass is 9.95. The minimum absolute atomic E-state index is 0.0226. The molecule has 2 aliphatic heterocycles. The zero-order valence-electron chi connectivity index (χ0n) is 16.8. The van der Waals surface area contributed by atoms with Gasteiger partial charge in [-0.15, -0.1) is 0 Å². The Morgan fingerprint density at radius 3 is 2.50 bits per heavy atom. The average Bonchev–Trinajstić information content (AvgIpc) is 3.24. The summed E-state index contributed by atoms with van der Waals surface area (Å²) in [5.74, 6) is 2.44. The van der Waals surface area contributed by atoms with Crippen LogP contribution in [0.1, 0.15) is 35.4 Å². The van der Waals surface area contributed by atoms with Gasteiger partial charge < -0.3 is 19.3 Å². The lowest BCUT2D eigenvalue weighted by Gasteiger charge is -2.38. The van der Waals surface area contributed by atoms with Crippen LogP contribution in [0, 0.1) is 0 Å². The molecule has 0 amide bonds. The van der Waals surface area contributed by atoms with Crippen molar-refractivity contribution in [3.8, 4) is 23.0 Å². The number of hydrazone groups is 1. The number of para-hydroxylation sites is 2. The van der Waals surface area contributed by atoms with E-state index in [0.717, 1.165) is 33.9 Å². The van der Waals surface area contributed by atoms with Gasteiger partial charge in [-0.3, -0.25) is 0 Å². The van der Waals surface area contributed by atoms with E-state index in [0.29, 0.717) is 12.2 Å². The Morgan fingerprint density at radius 1 is 0.967 bits per heavy atom. The molecule has 5 rings (SSSR count). The van der Waals surface area contributed by atoms with E-state index in [9.17, 15) is 5.11 Å². The van der Waals surface area contributed by atoms with E-state index in [2.05, 4.69) is 0 Å². The van der Waals surface area contributed by atoms with E-state index in [1.165, 1.54) is 0 Å². The number of phenols is 1. The largest absolute Gasteiger partial charge is 0.507 e. The van der Waals surface area contributed by atoms with Crippen LogP contribution in [0.2, 0.25) is 0 Å². The quantitative estimate of drug-likeness (QED) is 0.688. The zero-order valence-corrected chi connectivity index (χ0v) is 16.8. The van der Waals surface area contributed by atoms with Crippen LogP contribution in [-0.4, -0.2) is 30.0 Å². The van der Waals surface area contributed by atoms with Gasteiger partial charge in [-0.2, -0.15) is 5.10 Å². The predicted octanol–water partition coefficient (Wildman–Crippen LogP) is 4.65. The van der Waals surface area contributed by atoms with Gasteiger partial charge in [0.25, 0.3) is 0 Å². The van der Waals surface area contributed by atoms with E-state index in [1.54, 1.807) is 20.3 Å². The Labute approximate surface area is 174 Å². The molecule has 2 aliphatic rings. The highest BCUT2D eigenvalue weighted by Gasteiger charge is 2.42. The fourth-order valence-electron chi connectivity index (χ4n) is 4.11. The van der Waals surface area contributed by atoms with Gasteiger partial charge >= 0.3 is 0 Å². The summed E-state index contributed by atoms with van der Waals surface area (Å²) in [6.07, 6.45) is 0.237. The number of benzene rings is 3. The van der Waals surface area contributed by atoms with Crippen molar-refractivity contribution < 1.29 is 19.3 Å². The lowest BCUT2D eigenvalue weighted by molar-refractivity contribution is -0.0209. The Balaban J connectivity index is 1.62. The third-order valence-corrected chi connectivity index (χ3v) is 5.62. The van der Waals surface area contributed by atoms with Crippen molar-refractivity contribution in [2.45, 2.75) is 18.7 Å². The normalized spacial score (nSPS) is 19.4. The fourth-order valence-corrected chi connectivity index (χ4v) is 4.11. The number of aromatic hydroxyl groups is 1. The molecule has 2 heterocycles. The molecule has 0 saturated carbocycles. The smallest absolute Gasteiger partial charge is 0.214 e. The number of nitrogens with zero attached hydrogens (tertiary/aromatic N) is 2. The molecule has 6 nitrogen and oxygen atoms in total. The van der Waals surface area contributed by atoms with Crippen molar-refractivity contribution in [1.82, 2.24) is 5.01 Å². The second-order valence-electron chi connectivity index (χ2n) is 7.29. The third kappa shape index (κ3) is 2.92. The Kier molecular flexibility index (Phi) is 4.47. The molecular weight excluding hydrogens is 380 g/mol. The minimum Gasteiger partial charge on any atom is -0.507 e. The zero-order chi connectivity index (χ0) is 20.7. The second kappa shape index (κ2) is 7.30. The highest BCUT2D eigenvalue weighted by atomic mass is 16.5. The molecule has 0 aromatic heterocycles. The van der Waals surface area contributed by atoms with Crippen molar-refractivity contribution in [3.63, 3.8) is 0 Å². The molecule has 3 aromatic rings. The molecule has 2 atom stereocenters. The summed E-state index contributed by atoms with van der Waals surface area (Å²) in [6.45, 7) is 0. The van der Waals surface area contributed by atoms with E-state index in [4.69, 9.17) is 19.3 Å². The Hall–Kier alpha value is -3.67. The molecule has 0 spiro atoms. The molecule has 0 saturated heterocycles. The van der Waals surface area contributed by atoms with E-state index in [1.807, 2.05) is 65.7 Å². The van der Waals surface area contributed by atoms with Crippen LogP contribution < -0.4 is 14.2 Å². The number of fused-ring (bicyclic) bond motifs is 3. The van der Waals surface area contributed by atoms with Crippen molar-refractivity contribution in [2.75, 3.05) is 14.2 Å². The summed E-state index contributed by atoms with van der Waals surface area (Å²) < 4.78 is 17.3. The van der Waals surface area contributed by atoms with E-state index in [-0.39, 0.29) is 11.8 Å². The number of ether oxygens (including phenoxy) is 3. The predicted molar refractivity (Wildman–Crippen MR) is 113 cm³/mol. The molecule has 1 N–H and O–H groups in total. The summed E-state index contributed by atoms with van der Waals surface area (Å²) in [5, 5.41) is 17.2. The molecule has 152 valence electrons. The number of phenolic OH excluding ortho intramolecular Hbond substituents is 1. The van der Waals surface area contributed by atoms with Gasteiger partial charge in [-0.1, -0.05) is 24.3 Å². The maximum Gasteiger partial charge on any atom is 0.214 e. The SMILES string of the molecule is COc1ccc([C@H]2Oc3c(OC)cccc3[C@H]3CC(c4ccccc4O)=NN32)cc1. The van der Waals surface area contributed by atoms with Gasteiger partial charge in [0.15, 0.2) is 11.5 Å². The Morgan fingerprint density at radius 2 is 1.77 bits per heavy atom. The van der Waals surface area contributed by atoms with Gasteiger partial charge in [0.05, 0.1) is 26.0 Å². The monoisotopic (exact) mass is 402 g/mol. The highest BCUT2D eigenvalue weighted by Crippen LogP contribution is 2.51. The van der Waals surface area contributed by atoms with Crippen LogP contribution in [0.5, 0.6) is 23.0 Å². The van der Waals surface area contributed by atoms with Gasteiger partial charge in [0.1, 0.15) is 11.5 Å². The van der Waals surface area contributed by atoms with E-state index >= 15 is 0 Å². The molecule has 0 unspecified atom stereocenters. The maximum atomic E-state index is 10.4. The average molecular weight is 402 g/mol. The molecular formula is C24H22N2O4. The third-order valence-electron chi connectivity index (χ3n) is 5.62. The number of hydrogen-bond donors (Lipinski definition) is 1. The van der Waals surface area contributed by atoms with Crippen LogP contribution in [-0.2, 0) is 0 Å². The molecule has 0 radical (unpaired) electrons. The van der Waals surface area contributed by atoms with Crippen LogP contribution in [0.15, 0.2) is 71.8 Å². The number of rotatable bonds is 4. The summed E-state index contributed by atoms with van der Waals surface area (Å²) in [5.41, 5.74) is 3.55. The van der Waals surface area contributed by atoms with Gasteiger partial charge in [-0.25, -0.2) is 5.01 Å². The van der Waals surface area contributed by atoms with Crippen LogP contribution in [0.4, 0.5) is 0 Å². The van der Waals surface area contributed by atoms with Crippen LogP contribution >= 0.6 is 0 Å². The standard InChI is InChI=1S/C24H22N2O4/c1-28-16-12-10-15(11-13-16)24-26-20(18-7-5-9-22(29-2)23(18)30-24)14-19(25-26)17-6-3-4-8-21(17)27/h3-13,20,24,27H,14H2,1-2H3/t20-,24-/m1/s1. The minimum atomic E-state index is -0.423. The first-order chi connectivity index (χ1) is 14.7. The molecule has 30 heavy (non-hydrogen) atoms. The first-order valence-corrected chi connectivity index (χ1v) is 9.81. The summed E-state index contributed by atoms with van der Waals surface area (Å²) in [6, 6.07) is 21.0. The first kappa shape index (κ1) is 18.4. The topological polar surface area (TPSA) is 63.5 Å². The van der Waals surface area contributed by atoms with Crippen LogP contribution in [0.3, 0.4) is 0 Å². The second-order valence-corrected chi connectivity index (χ2v) is 7.29. The maximum absolute atomic E-state index is 10.4. The molecule has 0 aliphatic carbocycles. The molecule has 0 bridgehead atoms. The first-order valence-electron chi connectivity index (χ1n) is 9.81. The van der Waals surface area contributed by atoms with Gasteiger partial charge in [-0.05, 0) is 42.5 Å². The fraction of sp³-hybridized carbons (Fsp3) is 0.208. The summed E-state index contributed by atoms with van der Waals surface area (Å²) in [7, 11) is 3.29. The van der Waals surface area contributed by atoms with Crippen molar-refractivity contribution >= 4 is 5.71 Å².